The fourth-order valence-electron chi connectivity index (χ4n) is 2.37. The van der Waals surface area contributed by atoms with Crippen LogP contribution in [0, 0.1) is 6.92 Å². The molecule has 0 radical (unpaired) electrons. The van der Waals surface area contributed by atoms with Crippen molar-refractivity contribution < 1.29 is 4.79 Å². The number of amides is 1. The molecular formula is C14H15N3O. The number of rotatable bonds is 1. The van der Waals surface area contributed by atoms with Crippen molar-refractivity contribution in [2.75, 3.05) is 11.6 Å². The lowest BCUT2D eigenvalue weighted by molar-refractivity contribution is -0.119. The van der Waals surface area contributed by atoms with E-state index < -0.39 is 0 Å². The highest BCUT2D eigenvalue weighted by molar-refractivity contribution is 5.84. The van der Waals surface area contributed by atoms with Gasteiger partial charge in [-0.1, -0.05) is 12.1 Å². The second-order valence-corrected chi connectivity index (χ2v) is 4.74. The maximum absolute atomic E-state index is 11.1. The summed E-state index contributed by atoms with van der Waals surface area (Å²) in [6.07, 6.45) is 0.923. The number of hydrazine groups is 1. The van der Waals surface area contributed by atoms with Gasteiger partial charge in [-0.3, -0.25) is 15.2 Å². The molecule has 0 saturated heterocycles. The zero-order chi connectivity index (χ0) is 12.7. The first-order valence-corrected chi connectivity index (χ1v) is 6.08. The van der Waals surface area contributed by atoms with Gasteiger partial charge in [-0.2, -0.15) is 0 Å². The molecule has 4 heteroatoms. The molecule has 1 aromatic carbocycles. The Morgan fingerprint density at radius 2 is 2.22 bits per heavy atom. The Balaban J connectivity index is 2.10. The van der Waals surface area contributed by atoms with Gasteiger partial charge in [0.25, 0.3) is 0 Å². The van der Waals surface area contributed by atoms with E-state index in [1.54, 1.807) is 0 Å². The largest absolute Gasteiger partial charge is 0.274 e. The van der Waals surface area contributed by atoms with E-state index in [0.717, 1.165) is 29.7 Å². The van der Waals surface area contributed by atoms with Crippen LogP contribution in [-0.2, 0) is 11.2 Å². The van der Waals surface area contributed by atoms with Crippen molar-refractivity contribution in [2.45, 2.75) is 20.3 Å². The number of hydrogen-bond donors (Lipinski definition) is 1. The Labute approximate surface area is 106 Å². The Morgan fingerprint density at radius 1 is 1.39 bits per heavy atom. The summed E-state index contributed by atoms with van der Waals surface area (Å²) in [6.45, 7) is 4.36. The van der Waals surface area contributed by atoms with E-state index in [4.69, 9.17) is 0 Å². The van der Waals surface area contributed by atoms with Gasteiger partial charge in [0.05, 0.1) is 5.52 Å². The average molecular weight is 241 g/mol. The highest BCUT2D eigenvalue weighted by Crippen LogP contribution is 2.28. The molecular weight excluding hydrogens is 226 g/mol. The Kier molecular flexibility index (Phi) is 2.44. The molecule has 1 amide bonds. The van der Waals surface area contributed by atoms with Crippen LogP contribution in [0.4, 0.5) is 5.82 Å². The van der Waals surface area contributed by atoms with Crippen LogP contribution in [0.2, 0.25) is 0 Å². The van der Waals surface area contributed by atoms with Gasteiger partial charge in [0.15, 0.2) is 5.82 Å². The molecule has 2 heterocycles. The number of fused-ring (bicyclic) bond motifs is 2. The minimum absolute atomic E-state index is 0.0611. The summed E-state index contributed by atoms with van der Waals surface area (Å²) < 4.78 is 0. The molecule has 0 atom stereocenters. The summed E-state index contributed by atoms with van der Waals surface area (Å²) in [5.74, 6) is 0.817. The summed E-state index contributed by atoms with van der Waals surface area (Å²) in [5.41, 5.74) is 6.17. The number of benzene rings is 1. The fourth-order valence-corrected chi connectivity index (χ4v) is 2.37. The topological polar surface area (TPSA) is 45.2 Å². The molecule has 1 aliphatic rings. The molecule has 0 saturated carbocycles. The van der Waals surface area contributed by atoms with Crippen LogP contribution in [0.15, 0.2) is 24.3 Å². The highest BCUT2D eigenvalue weighted by atomic mass is 16.2. The molecule has 0 spiro atoms. The molecule has 18 heavy (non-hydrogen) atoms. The fraction of sp³-hybridized carbons (Fsp3) is 0.286. The molecule has 1 N–H and O–H groups in total. The number of aromatic nitrogens is 1. The number of carbonyl (C=O) groups excluding carboxylic acids is 1. The summed E-state index contributed by atoms with van der Waals surface area (Å²) in [6, 6.07) is 8.43. The van der Waals surface area contributed by atoms with Crippen LogP contribution >= 0.6 is 0 Å². The molecule has 1 aromatic heterocycles. The second-order valence-electron chi connectivity index (χ2n) is 4.74. The van der Waals surface area contributed by atoms with Gasteiger partial charge in [-0.15, -0.1) is 0 Å². The monoisotopic (exact) mass is 241 g/mol. The minimum atomic E-state index is -0.0611. The Bertz CT molecular complexity index is 636. The number of carbonyl (C=O) groups is 1. The first-order chi connectivity index (χ1) is 8.63. The lowest BCUT2D eigenvalue weighted by atomic mass is 10.1. The lowest BCUT2D eigenvalue weighted by Gasteiger charge is -2.18. The number of aryl methyl sites for hydroxylation is 1. The number of pyridine rings is 1. The minimum Gasteiger partial charge on any atom is -0.274 e. The van der Waals surface area contributed by atoms with E-state index in [-0.39, 0.29) is 5.91 Å². The molecule has 0 bridgehead atoms. The van der Waals surface area contributed by atoms with Crippen LogP contribution in [0.25, 0.3) is 10.9 Å². The third kappa shape index (κ3) is 1.79. The molecule has 0 unspecified atom stereocenters. The number of nitrogens with zero attached hydrogens (tertiary/aromatic N) is 2. The number of anilines is 1. The van der Waals surface area contributed by atoms with Crippen molar-refractivity contribution in [3.63, 3.8) is 0 Å². The van der Waals surface area contributed by atoms with Gasteiger partial charge in [-0.05, 0) is 36.6 Å². The van der Waals surface area contributed by atoms with Crippen LogP contribution in [-0.4, -0.2) is 17.4 Å². The third-order valence-corrected chi connectivity index (χ3v) is 3.18. The predicted molar refractivity (Wildman–Crippen MR) is 71.3 cm³/mol. The Hall–Kier alpha value is -2.10. The van der Waals surface area contributed by atoms with Crippen LogP contribution in [0.3, 0.4) is 0 Å². The van der Waals surface area contributed by atoms with Crippen molar-refractivity contribution in [1.29, 1.82) is 0 Å². The second kappa shape index (κ2) is 3.98. The molecule has 2 aromatic rings. The normalized spacial score (nSPS) is 13.8. The van der Waals surface area contributed by atoms with E-state index in [1.807, 2.05) is 5.01 Å². The van der Waals surface area contributed by atoms with E-state index >= 15 is 0 Å². The summed E-state index contributed by atoms with van der Waals surface area (Å²) in [4.78, 5) is 15.8. The van der Waals surface area contributed by atoms with E-state index in [9.17, 15) is 4.79 Å². The van der Waals surface area contributed by atoms with Gasteiger partial charge in [0, 0.05) is 18.9 Å². The van der Waals surface area contributed by atoms with Crippen molar-refractivity contribution in [3.8, 4) is 0 Å². The predicted octanol–water partition coefficient (Wildman–Crippen LogP) is 1.96. The average Bonchev–Trinajstić information content (AvgIpc) is 2.68. The van der Waals surface area contributed by atoms with Gasteiger partial charge in [0.2, 0.25) is 5.91 Å². The summed E-state index contributed by atoms with van der Waals surface area (Å²) >= 11 is 0. The van der Waals surface area contributed by atoms with E-state index in [2.05, 4.69) is 41.6 Å². The molecule has 0 fully saturated rings. The standard InChI is InChI=1S/C14H15N3O/c1-9-3-4-11-8-12-5-6-17(16-10(2)18)14(12)15-13(11)7-9/h3-4,7-8H,5-6H2,1-2H3,(H,16,18). The van der Waals surface area contributed by atoms with Gasteiger partial charge >= 0.3 is 0 Å². The zero-order valence-electron chi connectivity index (χ0n) is 10.5. The molecule has 4 nitrogen and oxygen atoms in total. The SMILES string of the molecule is CC(=O)NN1CCc2cc3ccc(C)cc3nc21. The van der Waals surface area contributed by atoms with Crippen molar-refractivity contribution in [1.82, 2.24) is 10.4 Å². The molecule has 0 aliphatic carbocycles. The van der Waals surface area contributed by atoms with E-state index in [0.29, 0.717) is 0 Å². The maximum atomic E-state index is 11.1. The van der Waals surface area contributed by atoms with Crippen LogP contribution < -0.4 is 10.4 Å². The van der Waals surface area contributed by atoms with Crippen LogP contribution in [0.1, 0.15) is 18.1 Å². The first kappa shape index (κ1) is 11.0. The summed E-state index contributed by atoms with van der Waals surface area (Å²) in [7, 11) is 0. The van der Waals surface area contributed by atoms with E-state index in [1.165, 1.54) is 18.1 Å². The number of hydrogen-bond acceptors (Lipinski definition) is 3. The highest BCUT2D eigenvalue weighted by Gasteiger charge is 2.21. The van der Waals surface area contributed by atoms with Crippen molar-refractivity contribution in [3.05, 3.63) is 35.4 Å². The molecule has 92 valence electrons. The quantitative estimate of drug-likeness (QED) is 0.830. The Morgan fingerprint density at radius 3 is 3.00 bits per heavy atom. The maximum Gasteiger partial charge on any atom is 0.235 e. The molecule has 3 rings (SSSR count). The van der Waals surface area contributed by atoms with Gasteiger partial charge in [-0.25, -0.2) is 4.98 Å². The van der Waals surface area contributed by atoms with Crippen molar-refractivity contribution >= 4 is 22.6 Å². The van der Waals surface area contributed by atoms with Crippen molar-refractivity contribution in [2.24, 2.45) is 0 Å². The van der Waals surface area contributed by atoms with Crippen LogP contribution in [0.5, 0.6) is 0 Å². The van der Waals surface area contributed by atoms with Gasteiger partial charge < -0.3 is 0 Å². The van der Waals surface area contributed by atoms with Gasteiger partial charge in [0.1, 0.15) is 0 Å². The lowest BCUT2D eigenvalue weighted by Crippen LogP contribution is -2.40. The zero-order valence-corrected chi connectivity index (χ0v) is 10.5. The summed E-state index contributed by atoms with van der Waals surface area (Å²) in [5, 5.41) is 2.99. The molecule has 1 aliphatic heterocycles. The number of nitrogens with one attached hydrogen (secondary N) is 1. The smallest absolute Gasteiger partial charge is 0.235 e. The first-order valence-electron chi connectivity index (χ1n) is 6.08. The third-order valence-electron chi connectivity index (χ3n) is 3.18.